The van der Waals surface area contributed by atoms with Crippen LogP contribution < -0.4 is 0 Å². The molecule has 0 unspecified atom stereocenters. The molecule has 3 rings (SSSR count). The van der Waals surface area contributed by atoms with Gasteiger partial charge in [-0.2, -0.15) is 0 Å². The molecule has 0 aromatic carbocycles. The number of nitrogens with zero attached hydrogens (tertiary/aromatic N) is 3. The third-order valence-electron chi connectivity index (χ3n) is 3.32. The summed E-state index contributed by atoms with van der Waals surface area (Å²) in [6.07, 6.45) is 6.42. The molecule has 0 saturated heterocycles. The maximum atomic E-state index is 10.8. The van der Waals surface area contributed by atoms with E-state index in [1.807, 2.05) is 37.6 Å². The topological polar surface area (TPSA) is 55.7 Å². The molecule has 3 heterocycles. The minimum absolute atomic E-state index is 0.615. The van der Waals surface area contributed by atoms with Gasteiger partial charge in [0.25, 0.3) is 0 Å². The highest BCUT2D eigenvalue weighted by Crippen LogP contribution is 2.24. The number of fused-ring (bicyclic) bond motifs is 1. The number of pyridine rings is 1. The largest absolute Gasteiger partial charge is 0.297 e. The van der Waals surface area contributed by atoms with Crippen LogP contribution in [0.1, 0.15) is 29.1 Å². The van der Waals surface area contributed by atoms with Crippen LogP contribution >= 0.6 is 11.3 Å². The summed E-state index contributed by atoms with van der Waals surface area (Å²) in [7, 11) is 0. The van der Waals surface area contributed by atoms with Crippen LogP contribution in [0, 0.1) is 0 Å². The van der Waals surface area contributed by atoms with Gasteiger partial charge in [0.15, 0.2) is 12.1 Å². The van der Waals surface area contributed by atoms with Gasteiger partial charge in [-0.05, 0) is 37.1 Å². The maximum Gasteiger partial charge on any atom is 0.160 e. The van der Waals surface area contributed by atoms with E-state index < -0.39 is 0 Å². The van der Waals surface area contributed by atoms with Crippen LogP contribution in [0.3, 0.4) is 0 Å². The van der Waals surface area contributed by atoms with E-state index in [0.29, 0.717) is 10.7 Å². The number of carbonyl (C=O) groups is 1. The van der Waals surface area contributed by atoms with Crippen molar-refractivity contribution in [3.05, 3.63) is 46.4 Å². The number of rotatable bonds is 3. The first-order chi connectivity index (χ1) is 10.2. The van der Waals surface area contributed by atoms with Gasteiger partial charge in [0.2, 0.25) is 0 Å². The third-order valence-corrected chi connectivity index (χ3v) is 4.17. The molecule has 4 nitrogen and oxygen atoms in total. The first-order valence-corrected chi connectivity index (χ1v) is 7.39. The molecule has 0 fully saturated rings. The fourth-order valence-corrected chi connectivity index (χ4v) is 2.66. The van der Waals surface area contributed by atoms with Crippen LogP contribution in [0.4, 0.5) is 0 Å². The third kappa shape index (κ3) is 2.60. The van der Waals surface area contributed by atoms with E-state index in [0.717, 1.165) is 34.0 Å². The Bertz CT molecular complexity index is 852. The molecular weight excluding hydrogens is 282 g/mol. The standard InChI is InChI=1S/C16H13N3OS/c1-3-10(2)11-5-14-15(17-6-11)7-18-16(19-14)12-4-13(8-20)21-9-12/h3-9H,1-2H3. The Morgan fingerprint density at radius 1 is 1.19 bits per heavy atom. The van der Waals surface area contributed by atoms with Crippen LogP contribution in [0.2, 0.25) is 0 Å². The fraction of sp³-hybridized carbons (Fsp3) is 0.125. The van der Waals surface area contributed by atoms with E-state index in [2.05, 4.69) is 15.0 Å². The van der Waals surface area contributed by atoms with Gasteiger partial charge in [-0.3, -0.25) is 9.78 Å². The van der Waals surface area contributed by atoms with Crippen molar-refractivity contribution in [2.75, 3.05) is 0 Å². The zero-order valence-corrected chi connectivity index (χ0v) is 12.5. The molecule has 0 N–H and O–H groups in total. The number of hydrogen-bond donors (Lipinski definition) is 0. The van der Waals surface area contributed by atoms with Crippen molar-refractivity contribution in [1.29, 1.82) is 0 Å². The van der Waals surface area contributed by atoms with E-state index in [1.165, 1.54) is 11.3 Å². The molecule has 0 aliphatic heterocycles. The summed E-state index contributed by atoms with van der Waals surface area (Å²) in [6.45, 7) is 4.04. The summed E-state index contributed by atoms with van der Waals surface area (Å²) in [4.78, 5) is 24.7. The Hall–Kier alpha value is -2.40. The van der Waals surface area contributed by atoms with Crippen molar-refractivity contribution in [2.45, 2.75) is 13.8 Å². The molecule has 0 spiro atoms. The predicted molar refractivity (Wildman–Crippen MR) is 85.4 cm³/mol. The molecule has 0 radical (unpaired) electrons. The van der Waals surface area contributed by atoms with Crippen molar-refractivity contribution in [3.63, 3.8) is 0 Å². The zero-order chi connectivity index (χ0) is 14.8. The van der Waals surface area contributed by atoms with Crippen LogP contribution in [0.25, 0.3) is 28.0 Å². The molecule has 3 aromatic rings. The van der Waals surface area contributed by atoms with Gasteiger partial charge in [-0.1, -0.05) is 6.08 Å². The van der Waals surface area contributed by atoms with Crippen molar-refractivity contribution < 1.29 is 4.79 Å². The van der Waals surface area contributed by atoms with Crippen molar-refractivity contribution in [2.24, 2.45) is 0 Å². The highest BCUT2D eigenvalue weighted by atomic mass is 32.1. The number of thiophene rings is 1. The smallest absolute Gasteiger partial charge is 0.160 e. The molecule has 3 aromatic heterocycles. The minimum atomic E-state index is 0.615. The zero-order valence-electron chi connectivity index (χ0n) is 11.7. The molecule has 104 valence electrons. The Morgan fingerprint density at radius 3 is 2.76 bits per heavy atom. The van der Waals surface area contributed by atoms with Gasteiger partial charge < -0.3 is 0 Å². The average molecular weight is 295 g/mol. The van der Waals surface area contributed by atoms with E-state index in [-0.39, 0.29) is 0 Å². The van der Waals surface area contributed by atoms with Crippen molar-refractivity contribution in [3.8, 4) is 11.4 Å². The van der Waals surface area contributed by atoms with Crippen molar-refractivity contribution in [1.82, 2.24) is 15.0 Å². The lowest BCUT2D eigenvalue weighted by Gasteiger charge is -2.03. The van der Waals surface area contributed by atoms with E-state index in [4.69, 9.17) is 0 Å². The molecule has 0 saturated carbocycles. The minimum Gasteiger partial charge on any atom is -0.297 e. The first kappa shape index (κ1) is 13.6. The molecule has 0 atom stereocenters. The molecule has 0 aliphatic rings. The summed E-state index contributed by atoms with van der Waals surface area (Å²) in [5.74, 6) is 0.615. The molecule has 21 heavy (non-hydrogen) atoms. The van der Waals surface area contributed by atoms with Gasteiger partial charge in [0.05, 0.1) is 16.6 Å². The quantitative estimate of drug-likeness (QED) is 0.686. The Balaban J connectivity index is 2.11. The lowest BCUT2D eigenvalue weighted by molar-refractivity contribution is 0.112. The van der Waals surface area contributed by atoms with Crippen LogP contribution in [0.5, 0.6) is 0 Å². The second kappa shape index (κ2) is 5.54. The normalized spacial score (nSPS) is 11.8. The highest BCUT2D eigenvalue weighted by molar-refractivity contribution is 7.12. The van der Waals surface area contributed by atoms with Gasteiger partial charge in [-0.25, -0.2) is 9.97 Å². The van der Waals surface area contributed by atoms with E-state index >= 15 is 0 Å². The van der Waals surface area contributed by atoms with E-state index in [1.54, 1.807) is 12.3 Å². The molecule has 0 aliphatic carbocycles. The van der Waals surface area contributed by atoms with Crippen molar-refractivity contribution >= 4 is 34.2 Å². The number of hydrogen-bond acceptors (Lipinski definition) is 5. The van der Waals surface area contributed by atoms with E-state index in [9.17, 15) is 4.79 Å². The second-order valence-corrected chi connectivity index (χ2v) is 5.59. The monoisotopic (exact) mass is 295 g/mol. The Morgan fingerprint density at radius 2 is 2.05 bits per heavy atom. The predicted octanol–water partition coefficient (Wildman–Crippen LogP) is 3.99. The summed E-state index contributed by atoms with van der Waals surface area (Å²) in [5, 5.41) is 1.89. The number of aromatic nitrogens is 3. The summed E-state index contributed by atoms with van der Waals surface area (Å²) in [5.41, 5.74) is 4.63. The average Bonchev–Trinajstić information content (AvgIpc) is 3.02. The van der Waals surface area contributed by atoms with Crippen LogP contribution in [-0.2, 0) is 0 Å². The second-order valence-electron chi connectivity index (χ2n) is 4.65. The summed E-state index contributed by atoms with van der Waals surface area (Å²) < 4.78 is 0. The highest BCUT2D eigenvalue weighted by Gasteiger charge is 2.07. The van der Waals surface area contributed by atoms with Crippen LogP contribution in [0.15, 0.2) is 36.0 Å². The molecule has 0 amide bonds. The van der Waals surface area contributed by atoms with Gasteiger partial charge >= 0.3 is 0 Å². The van der Waals surface area contributed by atoms with Gasteiger partial charge in [0.1, 0.15) is 5.52 Å². The lowest BCUT2D eigenvalue weighted by Crippen LogP contribution is -1.92. The Labute approximate surface area is 126 Å². The SMILES string of the molecule is CC=C(C)c1cnc2cnc(-c3csc(C=O)c3)nc2c1. The number of carbonyl (C=O) groups excluding carboxylic acids is 1. The molecule has 0 bridgehead atoms. The summed E-state index contributed by atoms with van der Waals surface area (Å²) in [6, 6.07) is 3.81. The Kier molecular flexibility index (Phi) is 3.58. The number of aldehydes is 1. The number of allylic oxidation sites excluding steroid dienone is 2. The van der Waals surface area contributed by atoms with Gasteiger partial charge in [-0.15, -0.1) is 11.3 Å². The molecule has 5 heteroatoms. The van der Waals surface area contributed by atoms with Crippen LogP contribution in [-0.4, -0.2) is 21.2 Å². The molecular formula is C16H13N3OS. The lowest BCUT2D eigenvalue weighted by atomic mass is 10.1. The fourth-order valence-electron chi connectivity index (χ4n) is 1.97. The first-order valence-electron chi connectivity index (χ1n) is 6.51. The maximum absolute atomic E-state index is 10.8. The summed E-state index contributed by atoms with van der Waals surface area (Å²) >= 11 is 1.39. The van der Waals surface area contributed by atoms with Gasteiger partial charge in [0, 0.05) is 17.1 Å².